The van der Waals surface area contributed by atoms with Crippen molar-refractivity contribution in [1.82, 2.24) is 9.78 Å². The molecule has 2 heterocycles. The number of rotatable bonds is 1. The summed E-state index contributed by atoms with van der Waals surface area (Å²) in [5, 5.41) is 5.66. The van der Waals surface area contributed by atoms with E-state index in [1.807, 2.05) is 17.9 Å². The summed E-state index contributed by atoms with van der Waals surface area (Å²) in [4.78, 5) is 0. The van der Waals surface area contributed by atoms with E-state index in [0.29, 0.717) is 5.92 Å². The molecule has 26 heavy (non-hydrogen) atoms. The van der Waals surface area contributed by atoms with Crippen LogP contribution >= 0.6 is 0 Å². The second-order valence-electron chi connectivity index (χ2n) is 10.3. The zero-order chi connectivity index (χ0) is 19.0. The van der Waals surface area contributed by atoms with Crippen LogP contribution in [0.3, 0.4) is 0 Å². The lowest BCUT2D eigenvalue weighted by Gasteiger charge is -2.48. The van der Waals surface area contributed by atoms with Crippen molar-refractivity contribution in [2.75, 3.05) is 13.2 Å². The lowest BCUT2D eigenvalue weighted by molar-refractivity contribution is 0.137. The van der Waals surface area contributed by atoms with Crippen molar-refractivity contribution in [2.45, 2.75) is 63.5 Å². The Morgan fingerprint density at radius 1 is 1.12 bits per heavy atom. The molecule has 1 saturated carbocycles. The van der Waals surface area contributed by atoms with Gasteiger partial charge in [0.1, 0.15) is 0 Å². The Morgan fingerprint density at radius 3 is 2.46 bits per heavy atom. The molecule has 0 bridgehead atoms. The SMILES string of the molecule is Cn1ncc2ccc(C34CO[Si](C(C)(C)C)(C(C)(C)C)OCC3C4)cc21. The molecule has 2 aromatic rings. The highest BCUT2D eigenvalue weighted by molar-refractivity contribution is 6.73. The van der Waals surface area contributed by atoms with Gasteiger partial charge in [0.15, 0.2) is 0 Å². The van der Waals surface area contributed by atoms with Crippen LogP contribution in [0.5, 0.6) is 0 Å². The van der Waals surface area contributed by atoms with Crippen molar-refractivity contribution in [3.8, 4) is 0 Å². The molecule has 0 amide bonds. The van der Waals surface area contributed by atoms with Crippen LogP contribution in [0.25, 0.3) is 10.9 Å². The van der Waals surface area contributed by atoms with Gasteiger partial charge in [-0.05, 0) is 24.0 Å². The summed E-state index contributed by atoms with van der Waals surface area (Å²) in [6.07, 6.45) is 3.10. The third-order valence-corrected chi connectivity index (χ3v) is 11.6. The Labute approximate surface area is 158 Å². The Hall–Kier alpha value is -1.17. The second kappa shape index (κ2) is 5.43. The first-order valence-corrected chi connectivity index (χ1v) is 11.5. The first-order valence-electron chi connectivity index (χ1n) is 9.70. The second-order valence-corrected chi connectivity index (χ2v) is 15.1. The van der Waals surface area contributed by atoms with Crippen molar-refractivity contribution in [1.29, 1.82) is 0 Å². The molecule has 4 nitrogen and oxygen atoms in total. The highest BCUT2D eigenvalue weighted by Gasteiger charge is 2.65. The summed E-state index contributed by atoms with van der Waals surface area (Å²) >= 11 is 0. The quantitative estimate of drug-likeness (QED) is 0.667. The van der Waals surface area contributed by atoms with Gasteiger partial charge in [-0.15, -0.1) is 0 Å². The largest absolute Gasteiger partial charge is 0.393 e. The minimum Gasteiger partial charge on any atom is -0.393 e. The number of fused-ring (bicyclic) bond motifs is 2. The Bertz CT molecular complexity index is 832. The van der Waals surface area contributed by atoms with Crippen molar-refractivity contribution >= 4 is 19.5 Å². The summed E-state index contributed by atoms with van der Waals surface area (Å²) < 4.78 is 15.5. The Morgan fingerprint density at radius 2 is 1.81 bits per heavy atom. The average Bonchev–Trinajstić information content (AvgIpc) is 3.15. The van der Waals surface area contributed by atoms with Crippen LogP contribution in [0.15, 0.2) is 24.4 Å². The summed E-state index contributed by atoms with van der Waals surface area (Å²) in [5.41, 5.74) is 2.70. The van der Waals surface area contributed by atoms with E-state index in [1.165, 1.54) is 16.5 Å². The van der Waals surface area contributed by atoms with E-state index in [2.05, 4.69) is 64.8 Å². The third-order valence-electron chi connectivity index (χ3n) is 6.55. The molecule has 5 heteroatoms. The molecular formula is C21H32N2O2Si. The summed E-state index contributed by atoms with van der Waals surface area (Å²) in [7, 11) is -0.385. The maximum Gasteiger partial charge on any atom is 0.349 e. The number of nitrogens with zero attached hydrogens (tertiary/aromatic N) is 2. The van der Waals surface area contributed by atoms with Crippen molar-refractivity contribution in [3.63, 3.8) is 0 Å². The monoisotopic (exact) mass is 372 g/mol. The van der Waals surface area contributed by atoms with Crippen LogP contribution in [-0.2, 0) is 21.3 Å². The molecular weight excluding hydrogens is 340 g/mol. The molecule has 1 aromatic carbocycles. The minimum absolute atomic E-state index is 0.0369. The molecule has 2 unspecified atom stereocenters. The van der Waals surface area contributed by atoms with E-state index in [1.54, 1.807) is 0 Å². The lowest BCUT2D eigenvalue weighted by Crippen LogP contribution is -2.57. The van der Waals surface area contributed by atoms with Crippen LogP contribution in [-0.4, -0.2) is 31.6 Å². The van der Waals surface area contributed by atoms with Gasteiger partial charge in [0.05, 0.1) is 11.7 Å². The van der Waals surface area contributed by atoms with Crippen LogP contribution in [0.1, 0.15) is 53.5 Å². The number of aryl methyl sites for hydroxylation is 1. The van der Waals surface area contributed by atoms with Gasteiger partial charge in [-0.1, -0.05) is 53.7 Å². The lowest BCUT2D eigenvalue weighted by atomic mass is 9.93. The predicted molar refractivity (Wildman–Crippen MR) is 108 cm³/mol. The molecule has 1 aliphatic heterocycles. The van der Waals surface area contributed by atoms with Gasteiger partial charge in [-0.2, -0.15) is 5.10 Å². The summed E-state index contributed by atoms with van der Waals surface area (Å²) in [5.74, 6) is 0.562. The van der Waals surface area contributed by atoms with Crippen molar-refractivity contribution in [3.05, 3.63) is 30.0 Å². The van der Waals surface area contributed by atoms with E-state index in [9.17, 15) is 0 Å². The van der Waals surface area contributed by atoms with E-state index >= 15 is 0 Å². The molecule has 0 radical (unpaired) electrons. The zero-order valence-electron chi connectivity index (χ0n) is 17.2. The summed E-state index contributed by atoms with van der Waals surface area (Å²) in [6, 6.07) is 6.79. The van der Waals surface area contributed by atoms with Crippen LogP contribution < -0.4 is 0 Å². The predicted octanol–water partition coefficient (Wildman–Crippen LogP) is 4.92. The Balaban J connectivity index is 1.71. The van der Waals surface area contributed by atoms with Crippen molar-refractivity contribution in [2.24, 2.45) is 13.0 Å². The average molecular weight is 373 g/mol. The topological polar surface area (TPSA) is 36.3 Å². The first-order chi connectivity index (χ1) is 12.0. The van der Waals surface area contributed by atoms with E-state index < -0.39 is 8.56 Å². The fourth-order valence-corrected chi connectivity index (χ4v) is 10.1. The molecule has 2 atom stereocenters. The molecule has 4 rings (SSSR count). The van der Waals surface area contributed by atoms with Gasteiger partial charge >= 0.3 is 8.56 Å². The first kappa shape index (κ1) is 18.2. The van der Waals surface area contributed by atoms with Gasteiger partial charge in [0.25, 0.3) is 0 Å². The van der Waals surface area contributed by atoms with Gasteiger partial charge in [-0.25, -0.2) is 0 Å². The van der Waals surface area contributed by atoms with Gasteiger partial charge in [-0.3, -0.25) is 4.68 Å². The molecule has 142 valence electrons. The molecule has 2 fully saturated rings. The maximum atomic E-state index is 6.85. The highest BCUT2D eigenvalue weighted by Crippen LogP contribution is 2.61. The van der Waals surface area contributed by atoms with Gasteiger partial charge < -0.3 is 8.85 Å². The van der Waals surface area contributed by atoms with Crippen LogP contribution in [0.4, 0.5) is 0 Å². The van der Waals surface area contributed by atoms with Crippen molar-refractivity contribution < 1.29 is 8.85 Å². The number of hydrogen-bond donors (Lipinski definition) is 0. The Kier molecular flexibility index (Phi) is 3.80. The molecule has 1 saturated heterocycles. The highest BCUT2D eigenvalue weighted by atomic mass is 28.4. The molecule has 1 aromatic heterocycles. The maximum absolute atomic E-state index is 6.85. The number of aromatic nitrogens is 2. The number of hydrogen-bond acceptors (Lipinski definition) is 3. The minimum atomic E-state index is -2.40. The van der Waals surface area contributed by atoms with E-state index in [-0.39, 0.29) is 15.5 Å². The van der Waals surface area contributed by atoms with E-state index in [0.717, 1.165) is 19.6 Å². The zero-order valence-corrected chi connectivity index (χ0v) is 18.2. The fraction of sp³-hybridized carbons (Fsp3) is 0.667. The van der Waals surface area contributed by atoms with Crippen LogP contribution in [0.2, 0.25) is 10.1 Å². The van der Waals surface area contributed by atoms with E-state index in [4.69, 9.17) is 8.85 Å². The smallest absolute Gasteiger partial charge is 0.349 e. The fourth-order valence-electron chi connectivity index (χ4n) is 5.15. The molecule has 0 N–H and O–H groups in total. The normalized spacial score (nSPS) is 28.7. The van der Waals surface area contributed by atoms with Gasteiger partial charge in [0.2, 0.25) is 0 Å². The molecule has 0 spiro atoms. The summed E-state index contributed by atoms with van der Waals surface area (Å²) in [6.45, 7) is 15.3. The standard InChI is InChI=1S/C21H32N2O2Si/c1-19(2,3)26(20(4,5)6)24-13-17-11-21(17,14-25-26)16-9-8-15-12-22-23(7)18(15)10-16/h8-10,12,17H,11,13-14H2,1-7H3. The van der Waals surface area contributed by atoms with Gasteiger partial charge in [0, 0.05) is 41.1 Å². The molecule has 2 aliphatic rings. The third kappa shape index (κ3) is 2.44. The molecule has 1 aliphatic carbocycles. The van der Waals surface area contributed by atoms with Crippen LogP contribution in [0, 0.1) is 5.92 Å². The number of benzene rings is 1.